The molecule has 1 heterocycles. The molecule has 1 aromatic carbocycles. The van der Waals surface area contributed by atoms with Gasteiger partial charge in [-0.2, -0.15) is 0 Å². The summed E-state index contributed by atoms with van der Waals surface area (Å²) < 4.78 is 2.19. The predicted molar refractivity (Wildman–Crippen MR) is 65.7 cm³/mol. The van der Waals surface area contributed by atoms with E-state index in [1.165, 1.54) is 0 Å². The van der Waals surface area contributed by atoms with Crippen molar-refractivity contribution in [1.29, 1.82) is 0 Å². The van der Waals surface area contributed by atoms with Crippen LogP contribution >= 0.6 is 0 Å². The van der Waals surface area contributed by atoms with Gasteiger partial charge in [0.05, 0.1) is 0 Å². The molecule has 0 saturated heterocycles. The lowest BCUT2D eigenvalue weighted by atomic mass is 10.2. The summed E-state index contributed by atoms with van der Waals surface area (Å²) >= 11 is 0. The van der Waals surface area contributed by atoms with Crippen molar-refractivity contribution in [3.63, 3.8) is 0 Å². The molecule has 0 aliphatic heterocycles. The normalized spacial score (nSPS) is 11.2. The van der Waals surface area contributed by atoms with Gasteiger partial charge in [-0.05, 0) is 44.2 Å². The van der Waals surface area contributed by atoms with Gasteiger partial charge in [-0.15, -0.1) is 0 Å². The molecule has 2 aromatic rings. The second-order valence-electron chi connectivity index (χ2n) is 4.53. The fourth-order valence-corrected chi connectivity index (χ4v) is 2.27. The van der Waals surface area contributed by atoms with E-state index in [1.54, 1.807) is 0 Å². The van der Waals surface area contributed by atoms with Crippen molar-refractivity contribution in [2.75, 3.05) is 0 Å². The van der Waals surface area contributed by atoms with E-state index in [0.29, 0.717) is 12.5 Å². The summed E-state index contributed by atoms with van der Waals surface area (Å²) in [5.41, 5.74) is 2.22. The van der Waals surface area contributed by atoms with Crippen molar-refractivity contribution in [3.8, 4) is 0 Å². The van der Waals surface area contributed by atoms with Crippen LogP contribution in [0, 0.1) is 0 Å². The van der Waals surface area contributed by atoms with E-state index in [2.05, 4.69) is 36.6 Å². The number of aromatic nitrogens is 1. The van der Waals surface area contributed by atoms with Gasteiger partial charge in [0.2, 0.25) is 0 Å². The predicted octanol–water partition coefficient (Wildman–Crippen LogP) is 1.90. The molecule has 3 heteroatoms. The number of carbonyl (C=O) groups excluding carboxylic acids is 1. The number of carboxylic acids is 1. The van der Waals surface area contributed by atoms with Gasteiger partial charge in [0.1, 0.15) is 0 Å². The molecule has 0 atom stereocenters. The van der Waals surface area contributed by atoms with Crippen LogP contribution in [0.5, 0.6) is 0 Å². The van der Waals surface area contributed by atoms with E-state index < -0.39 is 5.97 Å². The van der Waals surface area contributed by atoms with Gasteiger partial charge in [-0.1, -0.05) is 18.2 Å². The molecule has 0 aliphatic carbocycles. The van der Waals surface area contributed by atoms with E-state index in [0.717, 1.165) is 16.6 Å². The van der Waals surface area contributed by atoms with Crippen LogP contribution in [0.1, 0.15) is 32.0 Å². The van der Waals surface area contributed by atoms with Gasteiger partial charge >= 0.3 is 0 Å². The number of benzene rings is 1. The van der Waals surface area contributed by atoms with Crippen molar-refractivity contribution < 1.29 is 9.90 Å². The molecule has 0 saturated carbocycles. The smallest absolute Gasteiger partial charge is 0.0484 e. The van der Waals surface area contributed by atoms with E-state index in [-0.39, 0.29) is 6.42 Å². The van der Waals surface area contributed by atoms with Crippen LogP contribution in [0.3, 0.4) is 0 Å². The number of hydrogen-bond donors (Lipinski definition) is 0. The number of aryl methyl sites for hydroxylation is 1. The standard InChI is InChI=1S/C14H17NO2/c1-10(2)15-12(7-8-14(16)17)9-11-5-3-4-6-13(11)15/h3-6,9-10H,7-8H2,1-2H3,(H,16,17)/p-1. The van der Waals surface area contributed by atoms with Crippen molar-refractivity contribution in [3.05, 3.63) is 36.0 Å². The van der Waals surface area contributed by atoms with Crippen LogP contribution in [-0.2, 0) is 11.2 Å². The van der Waals surface area contributed by atoms with Gasteiger partial charge < -0.3 is 14.5 Å². The Balaban J connectivity index is 2.46. The third-order valence-electron chi connectivity index (χ3n) is 2.93. The van der Waals surface area contributed by atoms with Crippen molar-refractivity contribution in [2.45, 2.75) is 32.7 Å². The molecule has 0 spiro atoms. The minimum absolute atomic E-state index is 0.0725. The lowest BCUT2D eigenvalue weighted by molar-refractivity contribution is -0.305. The van der Waals surface area contributed by atoms with Crippen LogP contribution in [-0.4, -0.2) is 10.5 Å². The first-order valence-corrected chi connectivity index (χ1v) is 5.88. The summed E-state index contributed by atoms with van der Waals surface area (Å²) in [6, 6.07) is 10.5. The van der Waals surface area contributed by atoms with Crippen LogP contribution < -0.4 is 5.11 Å². The molecule has 0 amide bonds. The first kappa shape index (κ1) is 11.7. The molecule has 17 heavy (non-hydrogen) atoms. The average molecular weight is 230 g/mol. The maximum Gasteiger partial charge on any atom is 0.0484 e. The zero-order chi connectivity index (χ0) is 12.4. The summed E-state index contributed by atoms with van der Waals surface area (Å²) in [6.07, 6.45) is 0.595. The first-order chi connectivity index (χ1) is 8.09. The summed E-state index contributed by atoms with van der Waals surface area (Å²) in [5, 5.41) is 11.7. The first-order valence-electron chi connectivity index (χ1n) is 5.88. The number of hydrogen-bond acceptors (Lipinski definition) is 2. The number of rotatable bonds is 4. The second kappa shape index (κ2) is 4.62. The second-order valence-corrected chi connectivity index (χ2v) is 4.53. The van der Waals surface area contributed by atoms with E-state index in [9.17, 15) is 9.90 Å². The molecule has 1 aromatic heterocycles. The molecule has 0 aliphatic rings. The number of para-hydroxylation sites is 1. The van der Waals surface area contributed by atoms with Crippen molar-refractivity contribution in [1.82, 2.24) is 4.57 Å². The molecule has 0 unspecified atom stereocenters. The Morgan fingerprint density at radius 2 is 2.06 bits per heavy atom. The highest BCUT2D eigenvalue weighted by Gasteiger charge is 2.10. The van der Waals surface area contributed by atoms with E-state index in [1.807, 2.05) is 12.1 Å². The molecular formula is C14H16NO2-. The van der Waals surface area contributed by atoms with Gasteiger partial charge in [0.15, 0.2) is 0 Å². The third-order valence-corrected chi connectivity index (χ3v) is 2.93. The summed E-state index contributed by atoms with van der Waals surface area (Å²) in [5.74, 6) is -0.995. The van der Waals surface area contributed by atoms with Gasteiger partial charge in [-0.3, -0.25) is 0 Å². The zero-order valence-electron chi connectivity index (χ0n) is 10.1. The molecular weight excluding hydrogens is 214 g/mol. The molecule has 0 fully saturated rings. The monoisotopic (exact) mass is 230 g/mol. The topological polar surface area (TPSA) is 45.1 Å². The Kier molecular flexibility index (Phi) is 3.18. The third kappa shape index (κ3) is 2.33. The maximum atomic E-state index is 10.5. The van der Waals surface area contributed by atoms with Gasteiger partial charge in [-0.25, -0.2) is 0 Å². The Morgan fingerprint density at radius 3 is 2.71 bits per heavy atom. The molecule has 0 bridgehead atoms. The average Bonchev–Trinajstić information content (AvgIpc) is 2.64. The van der Waals surface area contributed by atoms with E-state index in [4.69, 9.17) is 0 Å². The highest BCUT2D eigenvalue weighted by atomic mass is 16.4. The van der Waals surface area contributed by atoms with Crippen molar-refractivity contribution in [2.24, 2.45) is 0 Å². The molecule has 0 radical (unpaired) electrons. The Bertz CT molecular complexity index is 540. The van der Waals surface area contributed by atoms with Crippen LogP contribution in [0.2, 0.25) is 0 Å². The Morgan fingerprint density at radius 1 is 1.35 bits per heavy atom. The molecule has 0 N–H and O–H groups in total. The zero-order valence-corrected chi connectivity index (χ0v) is 10.1. The van der Waals surface area contributed by atoms with E-state index >= 15 is 0 Å². The highest BCUT2D eigenvalue weighted by Crippen LogP contribution is 2.24. The maximum absolute atomic E-state index is 10.5. The quantitative estimate of drug-likeness (QED) is 0.805. The number of aliphatic carboxylic acids is 1. The minimum Gasteiger partial charge on any atom is -0.550 e. The Hall–Kier alpha value is -1.77. The molecule has 2 rings (SSSR count). The van der Waals surface area contributed by atoms with Gasteiger partial charge in [0, 0.05) is 23.2 Å². The van der Waals surface area contributed by atoms with Crippen LogP contribution in [0.15, 0.2) is 30.3 Å². The largest absolute Gasteiger partial charge is 0.550 e. The number of carboxylic acid groups (broad SMARTS) is 1. The van der Waals surface area contributed by atoms with Crippen molar-refractivity contribution >= 4 is 16.9 Å². The SMILES string of the molecule is CC(C)n1c(CCC(=O)[O-])cc2ccccc21. The number of nitrogens with zero attached hydrogens (tertiary/aromatic N) is 1. The summed E-state index contributed by atoms with van der Waals surface area (Å²) in [4.78, 5) is 10.5. The summed E-state index contributed by atoms with van der Waals surface area (Å²) in [6.45, 7) is 4.21. The fraction of sp³-hybridized carbons (Fsp3) is 0.357. The van der Waals surface area contributed by atoms with Crippen LogP contribution in [0.25, 0.3) is 10.9 Å². The summed E-state index contributed by atoms with van der Waals surface area (Å²) in [7, 11) is 0. The molecule has 3 nitrogen and oxygen atoms in total. The highest BCUT2D eigenvalue weighted by molar-refractivity contribution is 5.81. The molecule has 90 valence electrons. The minimum atomic E-state index is -0.995. The number of carbonyl (C=O) groups is 1. The van der Waals surface area contributed by atoms with Crippen LogP contribution in [0.4, 0.5) is 0 Å². The fourth-order valence-electron chi connectivity index (χ4n) is 2.27. The number of fused-ring (bicyclic) bond motifs is 1. The van der Waals surface area contributed by atoms with Gasteiger partial charge in [0.25, 0.3) is 0 Å². The Labute approximate surface area is 101 Å². The lowest BCUT2D eigenvalue weighted by Crippen LogP contribution is -2.23. The lowest BCUT2D eigenvalue weighted by Gasteiger charge is -2.14.